The Morgan fingerprint density at radius 3 is 2.52 bits per heavy atom. The van der Waals surface area contributed by atoms with E-state index in [4.69, 9.17) is 4.74 Å². The van der Waals surface area contributed by atoms with Gasteiger partial charge in [-0.3, -0.25) is 4.79 Å². The number of benzene rings is 1. The molecule has 138 valence electrons. The molecule has 2 rings (SSSR count). The van der Waals surface area contributed by atoms with Crippen LogP contribution in [0.5, 0.6) is 5.75 Å². The van der Waals surface area contributed by atoms with Gasteiger partial charge in [-0.2, -0.15) is 4.39 Å². The van der Waals surface area contributed by atoms with Gasteiger partial charge in [0.25, 0.3) is 0 Å². The van der Waals surface area contributed by atoms with Crippen molar-refractivity contribution in [1.29, 1.82) is 0 Å². The molecule has 0 aliphatic heterocycles. The fraction of sp³-hybridized carbons (Fsp3) is 0.571. The molecule has 0 unspecified atom stereocenters. The van der Waals surface area contributed by atoms with E-state index in [0.717, 1.165) is 57.8 Å². The Bertz CT molecular complexity index is 604. The molecule has 1 aliphatic rings. The lowest BCUT2D eigenvalue weighted by molar-refractivity contribution is 0.111. The van der Waals surface area contributed by atoms with Crippen molar-refractivity contribution in [3.63, 3.8) is 0 Å². The summed E-state index contributed by atoms with van der Waals surface area (Å²) in [6, 6.07) is 1.51. The number of hydrogen-bond acceptors (Lipinski definition) is 2. The molecule has 0 amide bonds. The topological polar surface area (TPSA) is 26.3 Å². The van der Waals surface area contributed by atoms with Crippen LogP contribution in [0.1, 0.15) is 80.6 Å². The molecule has 0 aromatic heterocycles. The van der Waals surface area contributed by atoms with E-state index in [1.54, 1.807) is 0 Å². The van der Waals surface area contributed by atoms with E-state index < -0.39 is 11.6 Å². The molecule has 1 aliphatic carbocycles. The van der Waals surface area contributed by atoms with Gasteiger partial charge >= 0.3 is 0 Å². The van der Waals surface area contributed by atoms with Gasteiger partial charge in [0.2, 0.25) is 5.82 Å². The minimum Gasteiger partial charge on any atom is -0.486 e. The predicted molar refractivity (Wildman–Crippen MR) is 96.3 cm³/mol. The normalized spacial score (nSPS) is 16.4. The zero-order chi connectivity index (χ0) is 18.3. The standard InChI is InChI=1S/C21H28F2O2/c1-3-5-7-10-21(11-8-6-9-12-21)17-14-16(15-24)20(25-13-4-2)19(23)18(17)22/h4,14-15H,2-3,5-13H2,1H3. The molecule has 4 heteroatoms. The van der Waals surface area contributed by atoms with Crippen molar-refractivity contribution >= 4 is 6.29 Å². The number of ether oxygens (including phenoxy) is 1. The monoisotopic (exact) mass is 350 g/mol. The second kappa shape index (κ2) is 9.12. The van der Waals surface area contributed by atoms with Crippen LogP contribution in [0.2, 0.25) is 0 Å². The molecule has 1 aromatic carbocycles. The third-order valence-corrected chi connectivity index (χ3v) is 5.30. The van der Waals surface area contributed by atoms with Gasteiger partial charge in [-0.15, -0.1) is 0 Å². The predicted octanol–water partition coefficient (Wildman–Crippen LogP) is 6.12. The van der Waals surface area contributed by atoms with Crippen molar-refractivity contribution in [2.24, 2.45) is 0 Å². The molecule has 1 saturated carbocycles. The molecule has 0 bridgehead atoms. The molecule has 0 saturated heterocycles. The van der Waals surface area contributed by atoms with E-state index in [1.165, 1.54) is 12.1 Å². The molecule has 0 heterocycles. The summed E-state index contributed by atoms with van der Waals surface area (Å²) < 4.78 is 34.8. The molecule has 0 radical (unpaired) electrons. The summed E-state index contributed by atoms with van der Waals surface area (Å²) in [7, 11) is 0. The number of unbranched alkanes of at least 4 members (excludes halogenated alkanes) is 2. The Balaban J connectivity index is 2.47. The number of hydrogen-bond donors (Lipinski definition) is 0. The average Bonchev–Trinajstić information content (AvgIpc) is 2.63. The van der Waals surface area contributed by atoms with Crippen LogP contribution in [-0.2, 0) is 5.41 Å². The van der Waals surface area contributed by atoms with Crippen molar-refractivity contribution in [2.75, 3.05) is 6.61 Å². The van der Waals surface area contributed by atoms with E-state index in [-0.39, 0.29) is 23.3 Å². The minimum atomic E-state index is -1.05. The van der Waals surface area contributed by atoms with Crippen LogP contribution in [-0.4, -0.2) is 12.9 Å². The quantitative estimate of drug-likeness (QED) is 0.304. The Kier molecular flexibility index (Phi) is 7.15. The van der Waals surface area contributed by atoms with Crippen LogP contribution in [0.4, 0.5) is 8.78 Å². The zero-order valence-corrected chi connectivity index (χ0v) is 15.1. The Labute approximate surface area is 149 Å². The third-order valence-electron chi connectivity index (χ3n) is 5.30. The fourth-order valence-electron chi connectivity index (χ4n) is 3.99. The maximum absolute atomic E-state index is 14.9. The largest absolute Gasteiger partial charge is 0.486 e. The molecule has 0 atom stereocenters. The van der Waals surface area contributed by atoms with Crippen molar-refractivity contribution in [2.45, 2.75) is 70.1 Å². The van der Waals surface area contributed by atoms with Crippen LogP contribution in [0.25, 0.3) is 0 Å². The van der Waals surface area contributed by atoms with Gasteiger partial charge in [0, 0.05) is 0 Å². The van der Waals surface area contributed by atoms with E-state index >= 15 is 0 Å². The van der Waals surface area contributed by atoms with E-state index in [2.05, 4.69) is 13.5 Å². The number of carbonyl (C=O) groups is 1. The summed E-state index contributed by atoms with van der Waals surface area (Å²) in [5.74, 6) is -2.22. The van der Waals surface area contributed by atoms with Crippen LogP contribution in [0.3, 0.4) is 0 Å². The summed E-state index contributed by atoms with van der Waals surface area (Å²) in [4.78, 5) is 11.5. The Morgan fingerprint density at radius 2 is 1.92 bits per heavy atom. The zero-order valence-electron chi connectivity index (χ0n) is 15.1. The summed E-state index contributed by atoms with van der Waals surface area (Å²) in [5.41, 5.74) is 0.0672. The highest BCUT2D eigenvalue weighted by Crippen LogP contribution is 2.46. The summed E-state index contributed by atoms with van der Waals surface area (Å²) in [6.45, 7) is 5.65. The van der Waals surface area contributed by atoms with Crippen LogP contribution in [0.15, 0.2) is 18.7 Å². The first-order valence-corrected chi connectivity index (χ1v) is 9.31. The molecule has 25 heavy (non-hydrogen) atoms. The van der Waals surface area contributed by atoms with Gasteiger partial charge < -0.3 is 4.74 Å². The van der Waals surface area contributed by atoms with Gasteiger partial charge in [-0.1, -0.05) is 58.1 Å². The van der Waals surface area contributed by atoms with Crippen LogP contribution >= 0.6 is 0 Å². The molecule has 1 aromatic rings. The molecule has 2 nitrogen and oxygen atoms in total. The minimum absolute atomic E-state index is 0.0260. The Hall–Kier alpha value is -1.71. The van der Waals surface area contributed by atoms with E-state index in [0.29, 0.717) is 11.8 Å². The van der Waals surface area contributed by atoms with Gasteiger partial charge in [-0.25, -0.2) is 4.39 Å². The van der Waals surface area contributed by atoms with Gasteiger partial charge in [0.05, 0.1) is 5.56 Å². The molecule has 0 spiro atoms. The van der Waals surface area contributed by atoms with E-state index in [9.17, 15) is 13.6 Å². The lowest BCUT2D eigenvalue weighted by Gasteiger charge is -2.38. The molecule has 1 fully saturated rings. The SMILES string of the molecule is C=CCOc1c(C=O)cc(C2(CCCCC)CCCCC2)c(F)c1F. The highest BCUT2D eigenvalue weighted by atomic mass is 19.2. The third kappa shape index (κ3) is 4.28. The highest BCUT2D eigenvalue weighted by Gasteiger charge is 2.37. The summed E-state index contributed by atoms with van der Waals surface area (Å²) in [6.07, 6.45) is 10.8. The first-order valence-electron chi connectivity index (χ1n) is 9.31. The van der Waals surface area contributed by atoms with Gasteiger partial charge in [-0.05, 0) is 36.3 Å². The molecular weight excluding hydrogens is 322 g/mol. The maximum atomic E-state index is 14.9. The average molecular weight is 350 g/mol. The first-order chi connectivity index (χ1) is 12.1. The second-order valence-electron chi connectivity index (χ2n) is 6.99. The number of rotatable bonds is 9. The maximum Gasteiger partial charge on any atom is 0.201 e. The molecular formula is C21H28F2O2. The van der Waals surface area contributed by atoms with Crippen LogP contribution in [0, 0.1) is 11.6 Å². The van der Waals surface area contributed by atoms with Crippen molar-refractivity contribution < 1.29 is 18.3 Å². The van der Waals surface area contributed by atoms with Gasteiger partial charge in [0.1, 0.15) is 6.61 Å². The van der Waals surface area contributed by atoms with Crippen molar-refractivity contribution in [3.05, 3.63) is 41.5 Å². The number of carbonyl (C=O) groups excluding carboxylic acids is 1. The van der Waals surface area contributed by atoms with Gasteiger partial charge in [0.15, 0.2) is 17.9 Å². The lowest BCUT2D eigenvalue weighted by Crippen LogP contribution is -2.31. The van der Waals surface area contributed by atoms with Crippen LogP contribution < -0.4 is 4.74 Å². The van der Waals surface area contributed by atoms with E-state index in [1.807, 2.05) is 0 Å². The highest BCUT2D eigenvalue weighted by molar-refractivity contribution is 5.80. The fourth-order valence-corrected chi connectivity index (χ4v) is 3.99. The second-order valence-corrected chi connectivity index (χ2v) is 6.99. The molecule has 0 N–H and O–H groups in total. The number of aldehydes is 1. The van der Waals surface area contributed by atoms with Crippen molar-refractivity contribution in [1.82, 2.24) is 0 Å². The summed E-state index contributed by atoms with van der Waals surface area (Å²) in [5, 5.41) is 0. The number of halogens is 2. The summed E-state index contributed by atoms with van der Waals surface area (Å²) >= 11 is 0. The Morgan fingerprint density at radius 1 is 1.20 bits per heavy atom. The lowest BCUT2D eigenvalue weighted by atomic mass is 9.66. The first kappa shape index (κ1) is 19.6. The smallest absolute Gasteiger partial charge is 0.201 e. The van der Waals surface area contributed by atoms with Crippen molar-refractivity contribution in [3.8, 4) is 5.75 Å².